The van der Waals surface area contributed by atoms with E-state index in [2.05, 4.69) is 5.32 Å². The van der Waals surface area contributed by atoms with Crippen molar-refractivity contribution >= 4 is 34.5 Å². The summed E-state index contributed by atoms with van der Waals surface area (Å²) in [5.41, 5.74) is 0.437. The first-order valence-corrected chi connectivity index (χ1v) is 6.66. The van der Waals surface area contributed by atoms with Gasteiger partial charge in [-0.1, -0.05) is 6.08 Å². The molecule has 108 valence electrons. The SMILES string of the molecule is COc1cc(I)c(C(=O)NCC=CC(=O)O)cc1OC. The molecule has 0 radical (unpaired) electrons. The highest BCUT2D eigenvalue weighted by molar-refractivity contribution is 14.1. The van der Waals surface area contributed by atoms with Crippen LogP contribution in [-0.4, -0.2) is 37.7 Å². The Labute approximate surface area is 129 Å². The summed E-state index contributed by atoms with van der Waals surface area (Å²) in [4.78, 5) is 22.3. The lowest BCUT2D eigenvalue weighted by molar-refractivity contribution is -0.131. The molecule has 0 heterocycles. The van der Waals surface area contributed by atoms with Gasteiger partial charge in [-0.05, 0) is 34.7 Å². The van der Waals surface area contributed by atoms with Crippen molar-refractivity contribution in [1.29, 1.82) is 0 Å². The Hall–Kier alpha value is -1.77. The number of hydrogen-bond donors (Lipinski definition) is 2. The highest BCUT2D eigenvalue weighted by Gasteiger charge is 2.14. The quantitative estimate of drug-likeness (QED) is 0.570. The molecule has 2 N–H and O–H groups in total. The van der Waals surface area contributed by atoms with Gasteiger partial charge in [0.05, 0.1) is 19.8 Å². The minimum Gasteiger partial charge on any atom is -0.493 e. The first kappa shape index (κ1) is 16.3. The van der Waals surface area contributed by atoms with Crippen LogP contribution in [0.1, 0.15) is 10.4 Å². The second-order valence-electron chi connectivity index (χ2n) is 3.64. The van der Waals surface area contributed by atoms with E-state index in [-0.39, 0.29) is 12.5 Å². The fourth-order valence-electron chi connectivity index (χ4n) is 1.43. The Bertz CT molecular complexity index is 542. The van der Waals surface area contributed by atoms with Crippen LogP contribution >= 0.6 is 22.6 Å². The molecule has 0 saturated carbocycles. The van der Waals surface area contributed by atoms with Crippen molar-refractivity contribution in [1.82, 2.24) is 5.32 Å². The second-order valence-corrected chi connectivity index (χ2v) is 4.80. The number of carbonyl (C=O) groups excluding carboxylic acids is 1. The first-order valence-electron chi connectivity index (χ1n) is 5.58. The molecule has 6 nitrogen and oxygen atoms in total. The molecule has 20 heavy (non-hydrogen) atoms. The van der Waals surface area contributed by atoms with Crippen LogP contribution < -0.4 is 14.8 Å². The Kier molecular flexibility index (Phi) is 6.29. The Balaban J connectivity index is 2.85. The van der Waals surface area contributed by atoms with Gasteiger partial charge in [-0.3, -0.25) is 4.79 Å². The van der Waals surface area contributed by atoms with Gasteiger partial charge in [0.25, 0.3) is 5.91 Å². The van der Waals surface area contributed by atoms with Gasteiger partial charge in [-0.2, -0.15) is 0 Å². The van der Waals surface area contributed by atoms with Gasteiger partial charge in [-0.15, -0.1) is 0 Å². The third-order valence-corrected chi connectivity index (χ3v) is 3.25. The third kappa shape index (κ3) is 4.41. The minimum absolute atomic E-state index is 0.134. The molecule has 0 aliphatic carbocycles. The number of aliphatic carboxylic acids is 1. The summed E-state index contributed by atoms with van der Waals surface area (Å²) in [7, 11) is 3.01. The normalized spacial score (nSPS) is 10.3. The van der Waals surface area contributed by atoms with Crippen LogP contribution in [0.4, 0.5) is 0 Å². The van der Waals surface area contributed by atoms with Gasteiger partial charge < -0.3 is 19.9 Å². The molecular weight excluding hydrogens is 377 g/mol. The molecule has 7 heteroatoms. The number of carboxylic acids is 1. The Morgan fingerprint density at radius 1 is 1.30 bits per heavy atom. The maximum atomic E-state index is 12.0. The summed E-state index contributed by atoms with van der Waals surface area (Å²) in [6, 6.07) is 3.28. The van der Waals surface area contributed by atoms with Crippen molar-refractivity contribution in [2.24, 2.45) is 0 Å². The van der Waals surface area contributed by atoms with E-state index in [1.807, 2.05) is 22.6 Å². The highest BCUT2D eigenvalue weighted by Crippen LogP contribution is 2.31. The number of methoxy groups -OCH3 is 2. The number of carbonyl (C=O) groups is 2. The first-order chi connectivity index (χ1) is 9.49. The molecule has 1 amide bonds. The number of halogens is 1. The molecule has 0 unspecified atom stereocenters. The lowest BCUT2D eigenvalue weighted by Crippen LogP contribution is -2.24. The summed E-state index contributed by atoms with van der Waals surface area (Å²) in [6.07, 6.45) is 2.33. The highest BCUT2D eigenvalue weighted by atomic mass is 127. The average Bonchev–Trinajstić information content (AvgIpc) is 2.42. The monoisotopic (exact) mass is 391 g/mol. The van der Waals surface area contributed by atoms with Crippen molar-refractivity contribution in [3.05, 3.63) is 33.4 Å². The number of nitrogens with one attached hydrogen (secondary N) is 1. The van der Waals surface area contributed by atoms with Gasteiger partial charge in [0.2, 0.25) is 0 Å². The summed E-state index contributed by atoms with van der Waals surface area (Å²) < 4.78 is 11.0. The van der Waals surface area contributed by atoms with E-state index in [9.17, 15) is 9.59 Å². The van der Waals surface area contributed by atoms with Crippen molar-refractivity contribution < 1.29 is 24.2 Å². The van der Waals surface area contributed by atoms with E-state index >= 15 is 0 Å². The zero-order valence-electron chi connectivity index (χ0n) is 11.0. The van der Waals surface area contributed by atoms with Crippen LogP contribution in [-0.2, 0) is 4.79 Å². The van der Waals surface area contributed by atoms with Gasteiger partial charge in [0.1, 0.15) is 0 Å². The average molecular weight is 391 g/mol. The van der Waals surface area contributed by atoms with Crippen molar-refractivity contribution in [2.45, 2.75) is 0 Å². The maximum absolute atomic E-state index is 12.0. The maximum Gasteiger partial charge on any atom is 0.328 e. The fourth-order valence-corrected chi connectivity index (χ4v) is 2.12. The number of benzene rings is 1. The molecule has 0 atom stereocenters. The van der Waals surface area contributed by atoms with Crippen LogP contribution in [0, 0.1) is 3.57 Å². The summed E-state index contributed by atoms with van der Waals surface area (Å²) >= 11 is 2.02. The number of amides is 1. The molecule has 0 spiro atoms. The van der Waals surface area contributed by atoms with Crippen LogP contribution in [0.25, 0.3) is 0 Å². The lowest BCUT2D eigenvalue weighted by Gasteiger charge is -2.11. The van der Waals surface area contributed by atoms with Crippen LogP contribution in [0.5, 0.6) is 11.5 Å². The van der Waals surface area contributed by atoms with E-state index in [0.29, 0.717) is 20.6 Å². The number of carboxylic acid groups (broad SMARTS) is 1. The van der Waals surface area contributed by atoms with E-state index < -0.39 is 5.97 Å². The molecular formula is C13H14INO5. The van der Waals surface area contributed by atoms with E-state index in [0.717, 1.165) is 6.08 Å². The number of ether oxygens (including phenoxy) is 2. The van der Waals surface area contributed by atoms with E-state index in [1.54, 1.807) is 12.1 Å². The van der Waals surface area contributed by atoms with Crippen LogP contribution in [0.3, 0.4) is 0 Å². The van der Waals surface area contributed by atoms with Crippen molar-refractivity contribution in [3.63, 3.8) is 0 Å². The van der Waals surface area contributed by atoms with Gasteiger partial charge >= 0.3 is 5.97 Å². The van der Waals surface area contributed by atoms with E-state index in [1.165, 1.54) is 20.3 Å². The number of hydrogen-bond acceptors (Lipinski definition) is 4. The van der Waals surface area contributed by atoms with Gasteiger partial charge in [0, 0.05) is 16.2 Å². The summed E-state index contributed by atoms with van der Waals surface area (Å²) in [5, 5.41) is 11.0. The number of rotatable bonds is 6. The lowest BCUT2D eigenvalue weighted by atomic mass is 10.2. The Morgan fingerprint density at radius 3 is 2.45 bits per heavy atom. The molecule has 1 rings (SSSR count). The van der Waals surface area contributed by atoms with Gasteiger partial charge in [0.15, 0.2) is 11.5 Å². The molecule has 0 saturated heterocycles. The van der Waals surface area contributed by atoms with E-state index in [4.69, 9.17) is 14.6 Å². The molecule has 0 bridgehead atoms. The second kappa shape index (κ2) is 7.73. The topological polar surface area (TPSA) is 84.9 Å². The van der Waals surface area contributed by atoms with Crippen LogP contribution in [0.15, 0.2) is 24.3 Å². The largest absolute Gasteiger partial charge is 0.493 e. The van der Waals surface area contributed by atoms with Crippen molar-refractivity contribution in [2.75, 3.05) is 20.8 Å². The summed E-state index contributed by atoms with van der Waals surface area (Å²) in [6.45, 7) is 0.134. The van der Waals surface area contributed by atoms with Gasteiger partial charge in [-0.25, -0.2) is 4.79 Å². The smallest absolute Gasteiger partial charge is 0.328 e. The van der Waals surface area contributed by atoms with Crippen LogP contribution in [0.2, 0.25) is 0 Å². The fraction of sp³-hybridized carbons (Fsp3) is 0.231. The third-order valence-electron chi connectivity index (χ3n) is 2.36. The molecule has 0 aromatic heterocycles. The minimum atomic E-state index is -1.06. The predicted molar refractivity (Wildman–Crippen MR) is 81.4 cm³/mol. The predicted octanol–water partition coefficient (Wildman–Crippen LogP) is 1.68. The molecule has 1 aromatic carbocycles. The zero-order chi connectivity index (χ0) is 15.1. The molecule has 1 aromatic rings. The molecule has 0 aliphatic heterocycles. The molecule has 0 fully saturated rings. The Morgan fingerprint density at radius 2 is 1.90 bits per heavy atom. The molecule has 0 aliphatic rings. The zero-order valence-corrected chi connectivity index (χ0v) is 13.1. The standard InChI is InChI=1S/C13H14INO5/c1-19-10-6-8(9(14)7-11(10)20-2)13(18)15-5-3-4-12(16)17/h3-4,6-7H,5H2,1-2H3,(H,15,18)(H,16,17). The summed E-state index contributed by atoms with van der Waals surface area (Å²) in [5.74, 6) is -0.372. The van der Waals surface area contributed by atoms with Crippen molar-refractivity contribution in [3.8, 4) is 11.5 Å².